The van der Waals surface area contributed by atoms with Gasteiger partial charge in [0, 0.05) is 9.50 Å². The number of ether oxygens (including phenoxy) is 2. The maximum atomic E-state index is 11.8. The van der Waals surface area contributed by atoms with Crippen LogP contribution in [-0.2, 0) is 9.59 Å². The molecule has 10 heteroatoms. The molecule has 2 aromatic carbocycles. The van der Waals surface area contributed by atoms with Crippen molar-refractivity contribution in [3.05, 3.63) is 57.5 Å². The topological polar surface area (TPSA) is 88.7 Å². The van der Waals surface area contributed by atoms with E-state index in [0.717, 1.165) is 10.0 Å². The first-order chi connectivity index (χ1) is 13.3. The second kappa shape index (κ2) is 10.8. The van der Waals surface area contributed by atoms with Crippen LogP contribution in [0.1, 0.15) is 5.56 Å². The summed E-state index contributed by atoms with van der Waals surface area (Å²) in [6.07, 6.45) is 0. The van der Waals surface area contributed by atoms with Crippen molar-refractivity contribution in [1.82, 2.24) is 16.2 Å². The molecular weight excluding hydrogens is 470 g/mol. The Morgan fingerprint density at radius 1 is 1.00 bits per heavy atom. The van der Waals surface area contributed by atoms with E-state index in [1.807, 2.05) is 13.0 Å². The van der Waals surface area contributed by atoms with Gasteiger partial charge >= 0.3 is 0 Å². The number of carbonyl (C=O) groups excluding carboxylic acids is 2. The molecule has 28 heavy (non-hydrogen) atoms. The molecule has 0 aliphatic rings. The first-order valence-electron chi connectivity index (χ1n) is 7.99. The Morgan fingerprint density at radius 2 is 1.61 bits per heavy atom. The van der Waals surface area contributed by atoms with E-state index in [0.29, 0.717) is 16.5 Å². The third kappa shape index (κ3) is 7.71. The van der Waals surface area contributed by atoms with Crippen molar-refractivity contribution in [2.45, 2.75) is 6.92 Å². The zero-order valence-corrected chi connectivity index (χ0v) is 17.9. The number of hydrogen-bond acceptors (Lipinski definition) is 5. The molecule has 148 valence electrons. The average Bonchev–Trinajstić information content (AvgIpc) is 2.67. The molecular formula is C18H17BrClN3O4S. The van der Waals surface area contributed by atoms with Crippen molar-refractivity contribution < 1.29 is 19.1 Å². The number of thiocarbonyl (C=S) groups is 1. The number of amides is 2. The fourth-order valence-electron chi connectivity index (χ4n) is 1.89. The highest BCUT2D eigenvalue weighted by Gasteiger charge is 2.08. The number of carbonyl (C=O) groups is 2. The lowest BCUT2D eigenvalue weighted by Crippen LogP contribution is -2.50. The fraction of sp³-hybridized carbons (Fsp3) is 0.167. The summed E-state index contributed by atoms with van der Waals surface area (Å²) < 4.78 is 11.6. The highest BCUT2D eigenvalue weighted by molar-refractivity contribution is 9.10. The molecule has 0 aromatic heterocycles. The van der Waals surface area contributed by atoms with Gasteiger partial charge in [-0.3, -0.25) is 25.8 Å². The molecule has 0 atom stereocenters. The van der Waals surface area contributed by atoms with Crippen LogP contribution in [0.4, 0.5) is 0 Å². The Balaban J connectivity index is 1.65. The molecule has 0 unspecified atom stereocenters. The average molecular weight is 487 g/mol. The minimum Gasteiger partial charge on any atom is -0.484 e. The molecule has 0 saturated heterocycles. The molecule has 2 amide bonds. The van der Waals surface area contributed by atoms with E-state index < -0.39 is 11.8 Å². The summed E-state index contributed by atoms with van der Waals surface area (Å²) in [6, 6.07) is 11.9. The Labute approximate surface area is 180 Å². The smallest absolute Gasteiger partial charge is 0.276 e. The monoisotopic (exact) mass is 485 g/mol. The molecule has 0 radical (unpaired) electrons. The van der Waals surface area contributed by atoms with E-state index >= 15 is 0 Å². The summed E-state index contributed by atoms with van der Waals surface area (Å²) in [5.74, 6) is 0.107. The third-order valence-corrected chi connectivity index (χ3v) is 4.60. The molecule has 0 fully saturated rings. The van der Waals surface area contributed by atoms with Gasteiger partial charge in [0.15, 0.2) is 18.3 Å². The van der Waals surface area contributed by atoms with E-state index in [9.17, 15) is 9.59 Å². The van der Waals surface area contributed by atoms with Gasteiger partial charge < -0.3 is 9.47 Å². The minimum atomic E-state index is -0.483. The zero-order chi connectivity index (χ0) is 20.5. The first kappa shape index (κ1) is 21.9. The standard InChI is InChI=1S/C18H17BrClN3O4S/c1-11-8-14(6-7-15(11)19)27-10-17(25)22-23-18(28)21-16(24)9-26-13-4-2-12(20)3-5-13/h2-8H,9-10H2,1H3,(H,22,25)(H2,21,23,24,28). The molecule has 7 nitrogen and oxygen atoms in total. The van der Waals surface area contributed by atoms with Gasteiger partial charge in [-0.05, 0) is 67.2 Å². The largest absolute Gasteiger partial charge is 0.484 e. The number of hydrazine groups is 1. The van der Waals surface area contributed by atoms with Crippen molar-refractivity contribution in [2.75, 3.05) is 13.2 Å². The van der Waals surface area contributed by atoms with Crippen LogP contribution in [0.5, 0.6) is 11.5 Å². The second-order valence-corrected chi connectivity index (χ2v) is 7.19. The summed E-state index contributed by atoms with van der Waals surface area (Å²) in [4.78, 5) is 23.6. The lowest BCUT2D eigenvalue weighted by Gasteiger charge is -2.12. The number of benzene rings is 2. The normalized spacial score (nSPS) is 9.96. The van der Waals surface area contributed by atoms with Gasteiger partial charge in [0.1, 0.15) is 11.5 Å². The molecule has 0 aliphatic carbocycles. The number of rotatable bonds is 6. The van der Waals surface area contributed by atoms with Crippen molar-refractivity contribution in [2.24, 2.45) is 0 Å². The molecule has 2 aromatic rings. The molecule has 0 saturated carbocycles. The Kier molecular flexibility index (Phi) is 8.49. The van der Waals surface area contributed by atoms with Crippen LogP contribution in [0, 0.1) is 6.92 Å². The van der Waals surface area contributed by atoms with Crippen molar-refractivity contribution in [1.29, 1.82) is 0 Å². The predicted molar refractivity (Wildman–Crippen MR) is 113 cm³/mol. The molecule has 0 aliphatic heterocycles. The van der Waals surface area contributed by atoms with E-state index in [1.54, 1.807) is 36.4 Å². The Morgan fingerprint density at radius 3 is 2.29 bits per heavy atom. The highest BCUT2D eigenvalue weighted by Crippen LogP contribution is 2.21. The van der Waals surface area contributed by atoms with Crippen LogP contribution in [0.15, 0.2) is 46.9 Å². The van der Waals surface area contributed by atoms with Gasteiger partial charge in [0.05, 0.1) is 0 Å². The lowest BCUT2D eigenvalue weighted by atomic mass is 10.2. The van der Waals surface area contributed by atoms with Crippen LogP contribution in [-0.4, -0.2) is 30.1 Å². The maximum absolute atomic E-state index is 11.8. The van der Waals surface area contributed by atoms with E-state index in [1.165, 1.54) is 0 Å². The molecule has 2 rings (SSSR count). The zero-order valence-electron chi connectivity index (χ0n) is 14.8. The van der Waals surface area contributed by atoms with Crippen LogP contribution in [0.25, 0.3) is 0 Å². The molecule has 3 N–H and O–H groups in total. The van der Waals surface area contributed by atoms with Gasteiger partial charge in [-0.15, -0.1) is 0 Å². The Hall–Kier alpha value is -2.36. The maximum Gasteiger partial charge on any atom is 0.276 e. The molecule has 0 bridgehead atoms. The summed E-state index contributed by atoms with van der Waals surface area (Å²) >= 11 is 14.1. The predicted octanol–water partition coefficient (Wildman–Crippen LogP) is 2.89. The van der Waals surface area contributed by atoms with Gasteiger partial charge in [-0.2, -0.15) is 0 Å². The van der Waals surface area contributed by atoms with E-state index in [-0.39, 0.29) is 18.3 Å². The van der Waals surface area contributed by atoms with E-state index in [2.05, 4.69) is 32.1 Å². The summed E-state index contributed by atoms with van der Waals surface area (Å²) in [5.41, 5.74) is 5.73. The highest BCUT2D eigenvalue weighted by atomic mass is 79.9. The van der Waals surface area contributed by atoms with Gasteiger partial charge in [0.25, 0.3) is 11.8 Å². The van der Waals surface area contributed by atoms with Gasteiger partial charge in [0.2, 0.25) is 0 Å². The number of hydrogen-bond donors (Lipinski definition) is 3. The van der Waals surface area contributed by atoms with Crippen LogP contribution in [0.2, 0.25) is 5.02 Å². The third-order valence-electron chi connectivity index (χ3n) is 3.25. The fourth-order valence-corrected chi connectivity index (χ4v) is 2.43. The first-order valence-corrected chi connectivity index (χ1v) is 9.57. The van der Waals surface area contributed by atoms with Crippen molar-refractivity contribution in [3.8, 4) is 11.5 Å². The SMILES string of the molecule is Cc1cc(OCC(=O)NNC(=S)NC(=O)COc2ccc(Cl)cc2)ccc1Br. The van der Waals surface area contributed by atoms with Crippen molar-refractivity contribution >= 4 is 56.7 Å². The summed E-state index contributed by atoms with van der Waals surface area (Å²) in [5, 5.41) is 2.87. The number of halogens is 2. The quantitative estimate of drug-likeness (QED) is 0.430. The van der Waals surface area contributed by atoms with Crippen LogP contribution in [0.3, 0.4) is 0 Å². The molecule has 0 spiro atoms. The van der Waals surface area contributed by atoms with E-state index in [4.69, 9.17) is 33.3 Å². The van der Waals surface area contributed by atoms with Gasteiger partial charge in [-0.1, -0.05) is 27.5 Å². The second-order valence-electron chi connectivity index (χ2n) is 5.49. The summed E-state index contributed by atoms with van der Waals surface area (Å²) in [7, 11) is 0. The van der Waals surface area contributed by atoms with Crippen LogP contribution < -0.4 is 25.6 Å². The van der Waals surface area contributed by atoms with Crippen LogP contribution >= 0.6 is 39.7 Å². The number of aryl methyl sites for hydroxylation is 1. The summed E-state index contributed by atoms with van der Waals surface area (Å²) in [6.45, 7) is 1.45. The molecule has 0 heterocycles. The Bertz CT molecular complexity index is 864. The minimum absolute atomic E-state index is 0.0717. The lowest BCUT2D eigenvalue weighted by molar-refractivity contribution is -0.124. The van der Waals surface area contributed by atoms with Gasteiger partial charge in [-0.25, -0.2) is 0 Å². The van der Waals surface area contributed by atoms with Crippen molar-refractivity contribution in [3.63, 3.8) is 0 Å². The number of nitrogens with one attached hydrogen (secondary N) is 3.